The third-order valence-corrected chi connectivity index (χ3v) is 5.00. The number of carbonyl (C=O) groups is 2. The molecule has 1 aliphatic carbocycles. The number of rotatable bonds is 7. The molecule has 1 amide bonds. The molecule has 1 aromatic heterocycles. The molecule has 2 N–H and O–H groups in total. The monoisotopic (exact) mass is 395 g/mol. The van der Waals surface area contributed by atoms with Crippen LogP contribution in [0.25, 0.3) is 5.69 Å². The molecule has 1 fully saturated rings. The molecule has 0 spiro atoms. The molecule has 0 atom stereocenters. The number of carboxylic acids is 1. The van der Waals surface area contributed by atoms with Gasteiger partial charge in [0.1, 0.15) is 5.56 Å². The van der Waals surface area contributed by atoms with Gasteiger partial charge in [0.2, 0.25) is 0 Å². The Morgan fingerprint density at radius 1 is 1.25 bits per heavy atom. The zero-order valence-corrected chi connectivity index (χ0v) is 15.2. The summed E-state index contributed by atoms with van der Waals surface area (Å²) in [6.07, 6.45) is 0.0512. The largest absolute Gasteiger partial charge is 0.478 e. The van der Waals surface area contributed by atoms with Crippen LogP contribution < -0.4 is 5.32 Å². The van der Waals surface area contributed by atoms with Crippen LogP contribution in [0.15, 0.2) is 30.5 Å². The van der Waals surface area contributed by atoms with E-state index in [2.05, 4.69) is 17.3 Å². The van der Waals surface area contributed by atoms with Crippen LogP contribution in [0.4, 0.5) is 13.2 Å². The second-order valence-corrected chi connectivity index (χ2v) is 7.10. The van der Waals surface area contributed by atoms with Crippen molar-refractivity contribution in [2.75, 3.05) is 6.54 Å². The van der Waals surface area contributed by atoms with Gasteiger partial charge >= 0.3 is 12.1 Å². The van der Waals surface area contributed by atoms with Crippen molar-refractivity contribution in [2.24, 2.45) is 5.41 Å². The van der Waals surface area contributed by atoms with Crippen molar-refractivity contribution in [1.82, 2.24) is 15.1 Å². The molecule has 1 heterocycles. The number of carbonyl (C=O) groups excluding carboxylic acids is 1. The number of halogens is 3. The second-order valence-electron chi connectivity index (χ2n) is 7.10. The first-order chi connectivity index (χ1) is 13.2. The van der Waals surface area contributed by atoms with Gasteiger partial charge in [-0.15, -0.1) is 0 Å². The van der Waals surface area contributed by atoms with Gasteiger partial charge in [0, 0.05) is 12.1 Å². The highest BCUT2D eigenvalue weighted by Gasteiger charge is 2.42. The van der Waals surface area contributed by atoms with Crippen LogP contribution >= 0.6 is 0 Å². The highest BCUT2D eigenvalue weighted by molar-refractivity contribution is 5.94. The summed E-state index contributed by atoms with van der Waals surface area (Å²) in [5, 5.41) is 15.4. The first kappa shape index (κ1) is 19.9. The highest BCUT2D eigenvalue weighted by atomic mass is 19.4. The van der Waals surface area contributed by atoms with Crippen molar-refractivity contribution in [2.45, 2.75) is 38.8 Å². The lowest BCUT2D eigenvalue weighted by Gasteiger charge is -2.15. The van der Waals surface area contributed by atoms with E-state index in [1.807, 2.05) is 0 Å². The van der Waals surface area contributed by atoms with Crippen LogP contribution in [0.5, 0.6) is 0 Å². The zero-order chi connectivity index (χ0) is 20.5. The van der Waals surface area contributed by atoms with E-state index in [-0.39, 0.29) is 17.0 Å². The highest BCUT2D eigenvalue weighted by Crippen LogP contribution is 2.48. The topological polar surface area (TPSA) is 84.2 Å². The maximum absolute atomic E-state index is 13.3. The van der Waals surface area contributed by atoms with E-state index in [4.69, 9.17) is 5.11 Å². The standard InChI is InChI=1S/C19H20F3N3O3/c1-2-7-18(8-9-18)11-23-16(26)12-3-5-13(6-4-12)25-15(19(20,21)22)14(10-24-25)17(27)28/h3-6,10H,2,7-9,11H2,1H3,(H,23,26)(H,27,28). The minimum Gasteiger partial charge on any atom is -0.478 e. The Balaban J connectivity index is 1.78. The van der Waals surface area contributed by atoms with Gasteiger partial charge in [0.05, 0.1) is 11.9 Å². The molecule has 0 aliphatic heterocycles. The van der Waals surface area contributed by atoms with Crippen LogP contribution in [-0.4, -0.2) is 33.3 Å². The Hall–Kier alpha value is -2.84. The Labute approximate surface area is 159 Å². The van der Waals surface area contributed by atoms with E-state index in [1.165, 1.54) is 24.3 Å². The lowest BCUT2D eigenvalue weighted by Crippen LogP contribution is -2.30. The van der Waals surface area contributed by atoms with E-state index in [0.717, 1.165) is 25.7 Å². The van der Waals surface area contributed by atoms with Crippen molar-refractivity contribution in [3.63, 3.8) is 0 Å². The molecule has 2 aromatic rings. The molecular weight excluding hydrogens is 375 g/mol. The molecule has 0 unspecified atom stereocenters. The number of benzene rings is 1. The number of amides is 1. The fourth-order valence-electron chi connectivity index (χ4n) is 3.32. The third kappa shape index (κ3) is 4.02. The molecule has 1 aliphatic rings. The fraction of sp³-hybridized carbons (Fsp3) is 0.421. The number of alkyl halides is 3. The van der Waals surface area contributed by atoms with Crippen molar-refractivity contribution in [1.29, 1.82) is 0 Å². The number of hydrogen-bond donors (Lipinski definition) is 2. The van der Waals surface area contributed by atoms with Crippen LogP contribution in [0.3, 0.4) is 0 Å². The summed E-state index contributed by atoms with van der Waals surface area (Å²) in [6.45, 7) is 2.68. The minimum absolute atomic E-state index is 0.0148. The molecule has 0 radical (unpaired) electrons. The average molecular weight is 395 g/mol. The summed E-state index contributed by atoms with van der Waals surface area (Å²) in [4.78, 5) is 23.4. The minimum atomic E-state index is -4.89. The van der Waals surface area contributed by atoms with Gasteiger partial charge < -0.3 is 10.4 Å². The van der Waals surface area contributed by atoms with Gasteiger partial charge in [0.15, 0.2) is 5.69 Å². The van der Waals surface area contributed by atoms with Gasteiger partial charge in [-0.3, -0.25) is 4.79 Å². The predicted octanol–water partition coefficient (Wildman–Crippen LogP) is 3.90. The Morgan fingerprint density at radius 2 is 1.89 bits per heavy atom. The molecule has 3 rings (SSSR count). The molecule has 1 aromatic carbocycles. The van der Waals surface area contributed by atoms with Crippen molar-refractivity contribution < 1.29 is 27.9 Å². The van der Waals surface area contributed by atoms with Gasteiger partial charge in [0.25, 0.3) is 5.91 Å². The summed E-state index contributed by atoms with van der Waals surface area (Å²) in [7, 11) is 0. The van der Waals surface area contributed by atoms with E-state index < -0.39 is 23.4 Å². The van der Waals surface area contributed by atoms with E-state index >= 15 is 0 Å². The smallest absolute Gasteiger partial charge is 0.434 e. The predicted molar refractivity (Wildman–Crippen MR) is 94.4 cm³/mol. The van der Waals surface area contributed by atoms with Crippen molar-refractivity contribution in [3.05, 3.63) is 47.3 Å². The summed E-state index contributed by atoms with van der Waals surface area (Å²) in [6, 6.07) is 5.40. The maximum Gasteiger partial charge on any atom is 0.434 e. The Morgan fingerprint density at radius 3 is 2.39 bits per heavy atom. The summed E-state index contributed by atoms with van der Waals surface area (Å²) >= 11 is 0. The van der Waals surface area contributed by atoms with Crippen LogP contribution in [0, 0.1) is 5.41 Å². The molecule has 0 saturated heterocycles. The number of hydrogen-bond acceptors (Lipinski definition) is 3. The molecule has 6 nitrogen and oxygen atoms in total. The second kappa shape index (κ2) is 7.29. The van der Waals surface area contributed by atoms with E-state index in [9.17, 15) is 22.8 Å². The Bertz CT molecular complexity index is 884. The van der Waals surface area contributed by atoms with Crippen LogP contribution in [0.1, 0.15) is 59.0 Å². The summed E-state index contributed by atoms with van der Waals surface area (Å²) < 4.78 is 40.4. The number of nitrogens with one attached hydrogen (secondary N) is 1. The quantitative estimate of drug-likeness (QED) is 0.745. The first-order valence-corrected chi connectivity index (χ1v) is 8.94. The van der Waals surface area contributed by atoms with E-state index in [1.54, 1.807) is 0 Å². The fourth-order valence-corrected chi connectivity index (χ4v) is 3.32. The lowest BCUT2D eigenvalue weighted by molar-refractivity contribution is -0.143. The third-order valence-electron chi connectivity index (χ3n) is 5.00. The van der Waals surface area contributed by atoms with Gasteiger partial charge in [-0.05, 0) is 48.9 Å². The normalized spacial score (nSPS) is 15.3. The van der Waals surface area contributed by atoms with Crippen LogP contribution in [-0.2, 0) is 6.18 Å². The molecule has 150 valence electrons. The van der Waals surface area contributed by atoms with E-state index in [0.29, 0.717) is 23.0 Å². The molecule has 9 heteroatoms. The van der Waals surface area contributed by atoms with Gasteiger partial charge in [-0.2, -0.15) is 18.3 Å². The van der Waals surface area contributed by atoms with Crippen molar-refractivity contribution >= 4 is 11.9 Å². The molecule has 28 heavy (non-hydrogen) atoms. The molecule has 0 bridgehead atoms. The number of aromatic carboxylic acids is 1. The number of carboxylic acid groups (broad SMARTS) is 1. The lowest BCUT2D eigenvalue weighted by atomic mass is 10.0. The van der Waals surface area contributed by atoms with Crippen LogP contribution in [0.2, 0.25) is 0 Å². The summed E-state index contributed by atoms with van der Waals surface area (Å²) in [5.74, 6) is -2.01. The first-order valence-electron chi connectivity index (χ1n) is 8.94. The molecule has 1 saturated carbocycles. The maximum atomic E-state index is 13.3. The number of aromatic nitrogens is 2. The number of nitrogens with zero attached hydrogens (tertiary/aromatic N) is 2. The van der Waals surface area contributed by atoms with Gasteiger partial charge in [-0.1, -0.05) is 13.3 Å². The Kier molecular flexibility index (Phi) is 5.18. The SMILES string of the molecule is CCCC1(CNC(=O)c2ccc(-n3ncc(C(=O)O)c3C(F)(F)F)cc2)CC1. The average Bonchev–Trinajstić information content (AvgIpc) is 3.24. The zero-order valence-electron chi connectivity index (χ0n) is 15.2. The molecular formula is C19H20F3N3O3. The summed E-state index contributed by atoms with van der Waals surface area (Å²) in [5.41, 5.74) is -1.78. The van der Waals surface area contributed by atoms with Gasteiger partial charge in [-0.25, -0.2) is 9.48 Å². The van der Waals surface area contributed by atoms with Crippen molar-refractivity contribution in [3.8, 4) is 5.69 Å².